The summed E-state index contributed by atoms with van der Waals surface area (Å²) in [6.45, 7) is 10.3. The number of amidine groups is 1. The Labute approximate surface area is 154 Å². The van der Waals surface area contributed by atoms with Crippen LogP contribution in [0.2, 0.25) is 0 Å². The molecule has 26 heavy (non-hydrogen) atoms. The highest BCUT2D eigenvalue weighted by molar-refractivity contribution is 6.11. The second-order valence-electron chi connectivity index (χ2n) is 5.94. The van der Waals surface area contributed by atoms with Gasteiger partial charge in [-0.05, 0) is 45.0 Å². The van der Waals surface area contributed by atoms with E-state index < -0.39 is 0 Å². The summed E-state index contributed by atoms with van der Waals surface area (Å²) in [5.41, 5.74) is 4.35. The van der Waals surface area contributed by atoms with Crippen LogP contribution in [-0.2, 0) is 6.54 Å². The van der Waals surface area contributed by atoms with Crippen molar-refractivity contribution in [2.75, 3.05) is 0 Å². The molecule has 0 fully saturated rings. The molecule has 0 aliphatic rings. The van der Waals surface area contributed by atoms with Gasteiger partial charge >= 0.3 is 0 Å². The molecule has 1 aromatic heterocycles. The molecule has 1 heterocycles. The number of rotatable bonds is 3. The fourth-order valence-corrected chi connectivity index (χ4v) is 2.83. The van der Waals surface area contributed by atoms with Crippen molar-refractivity contribution in [1.82, 2.24) is 4.57 Å². The summed E-state index contributed by atoms with van der Waals surface area (Å²) in [4.78, 5) is 0. The van der Waals surface area contributed by atoms with E-state index in [0.29, 0.717) is 5.56 Å². The fraction of sp³-hybridized carbons (Fsp3) is 0.190. The highest BCUT2D eigenvalue weighted by Crippen LogP contribution is 2.30. The number of hydrogen-bond acceptors (Lipinski definition) is 2. The Balaban J connectivity index is 0.000000758. The summed E-state index contributed by atoms with van der Waals surface area (Å²) in [7, 11) is 0. The molecule has 0 unspecified atom stereocenters. The standard InChI is InChI=1S/C18H19N5.C3H6/c1-3-12(2)11-23-16-7-5-4-6-14(16)15-10-13(8-9-17(15)23)18(19)21-22-20;1-3-2/h3-10H,11H2,1-2H3,(H3,19,20,21);3H,1H2,2H3/b12-3+;. The first-order valence-electron chi connectivity index (χ1n) is 8.47. The van der Waals surface area contributed by atoms with Crippen molar-refractivity contribution in [2.45, 2.75) is 27.3 Å². The van der Waals surface area contributed by atoms with Gasteiger partial charge in [-0.3, -0.25) is 5.41 Å². The fourth-order valence-electron chi connectivity index (χ4n) is 2.83. The van der Waals surface area contributed by atoms with E-state index in [1.54, 1.807) is 6.08 Å². The quantitative estimate of drug-likeness (QED) is 0.159. The summed E-state index contributed by atoms with van der Waals surface area (Å²) < 4.78 is 2.30. The number of nitrogens with one attached hydrogen (secondary N) is 1. The van der Waals surface area contributed by atoms with Gasteiger partial charge in [0.25, 0.3) is 0 Å². The third kappa shape index (κ3) is 3.88. The Morgan fingerprint density at radius 3 is 2.46 bits per heavy atom. The van der Waals surface area contributed by atoms with Gasteiger partial charge in [0.05, 0.1) is 0 Å². The molecule has 3 N–H and O–H groups in total. The lowest BCUT2D eigenvalue weighted by atomic mass is 10.1. The minimum Gasteiger partial charge on any atom is -0.336 e. The van der Waals surface area contributed by atoms with E-state index in [2.05, 4.69) is 53.5 Å². The minimum atomic E-state index is 0.0656. The van der Waals surface area contributed by atoms with Crippen molar-refractivity contribution in [1.29, 1.82) is 5.41 Å². The smallest absolute Gasteiger partial charge is 0.176 e. The van der Waals surface area contributed by atoms with E-state index in [1.165, 1.54) is 16.5 Å². The number of nitrogens with two attached hydrogens (primary N) is 1. The van der Waals surface area contributed by atoms with Crippen molar-refractivity contribution in [3.8, 4) is 0 Å². The number of allylic oxidation sites excluding steroid dienone is 3. The molecule has 0 atom stereocenters. The minimum absolute atomic E-state index is 0.0656. The molecule has 0 saturated heterocycles. The summed E-state index contributed by atoms with van der Waals surface area (Å²) in [5.74, 6) is 5.12. The first-order valence-corrected chi connectivity index (χ1v) is 8.47. The Morgan fingerprint density at radius 2 is 1.81 bits per heavy atom. The van der Waals surface area contributed by atoms with Gasteiger partial charge in [0, 0.05) is 33.9 Å². The van der Waals surface area contributed by atoms with Crippen LogP contribution in [0, 0.1) is 5.41 Å². The molecule has 5 heteroatoms. The average Bonchev–Trinajstić information content (AvgIpc) is 2.96. The lowest BCUT2D eigenvalue weighted by Gasteiger charge is -2.08. The van der Waals surface area contributed by atoms with Crippen molar-refractivity contribution in [3.05, 3.63) is 72.3 Å². The zero-order valence-electron chi connectivity index (χ0n) is 15.5. The van der Waals surface area contributed by atoms with Crippen LogP contribution in [0.5, 0.6) is 0 Å². The number of fused-ring (bicyclic) bond motifs is 3. The molecule has 0 radical (unpaired) electrons. The van der Waals surface area contributed by atoms with Gasteiger partial charge in [0.2, 0.25) is 0 Å². The topological polar surface area (TPSA) is 79.5 Å². The summed E-state index contributed by atoms with van der Waals surface area (Å²) in [6, 6.07) is 14.2. The molecule has 134 valence electrons. The molecule has 3 aromatic rings. The van der Waals surface area contributed by atoms with Crippen LogP contribution in [0.4, 0.5) is 0 Å². The van der Waals surface area contributed by atoms with Gasteiger partial charge in [-0.1, -0.05) is 41.1 Å². The Hall–Kier alpha value is -3.21. The monoisotopic (exact) mass is 347 g/mol. The van der Waals surface area contributed by atoms with E-state index in [4.69, 9.17) is 11.3 Å². The Bertz CT molecular complexity index is 992. The largest absolute Gasteiger partial charge is 0.336 e. The summed E-state index contributed by atoms with van der Waals surface area (Å²) in [5, 5.41) is 17.0. The maximum atomic E-state index is 7.91. The van der Waals surface area contributed by atoms with Gasteiger partial charge in [-0.15, -0.1) is 11.7 Å². The predicted molar refractivity (Wildman–Crippen MR) is 111 cm³/mol. The highest BCUT2D eigenvalue weighted by atomic mass is 15.3. The highest BCUT2D eigenvalue weighted by Gasteiger charge is 2.12. The van der Waals surface area contributed by atoms with Gasteiger partial charge in [-0.2, -0.15) is 0 Å². The van der Waals surface area contributed by atoms with Gasteiger partial charge in [0.15, 0.2) is 5.84 Å². The normalized spacial score (nSPS) is 11.6. The number of aromatic nitrogens is 1. The number of nitrogens with zero attached hydrogens (tertiary/aromatic N) is 3. The molecular weight excluding hydrogens is 322 g/mol. The van der Waals surface area contributed by atoms with Crippen LogP contribution < -0.4 is 5.84 Å². The molecule has 3 rings (SSSR count). The molecule has 0 aliphatic carbocycles. The lowest BCUT2D eigenvalue weighted by molar-refractivity contribution is 0.847. The third-order valence-corrected chi connectivity index (χ3v) is 4.10. The van der Waals surface area contributed by atoms with Crippen LogP contribution in [0.3, 0.4) is 0 Å². The van der Waals surface area contributed by atoms with E-state index in [0.717, 1.165) is 17.4 Å². The summed E-state index contributed by atoms with van der Waals surface area (Å²) in [6.07, 6.45) is 3.88. The Kier molecular flexibility index (Phi) is 6.44. The predicted octanol–water partition coefficient (Wildman–Crippen LogP) is 5.60. The lowest BCUT2D eigenvalue weighted by Crippen LogP contribution is -1.99. The van der Waals surface area contributed by atoms with Crippen LogP contribution in [0.15, 0.2) is 77.1 Å². The van der Waals surface area contributed by atoms with E-state index in [9.17, 15) is 0 Å². The molecule has 2 aromatic carbocycles. The molecule has 0 saturated carbocycles. The van der Waals surface area contributed by atoms with E-state index in [-0.39, 0.29) is 5.84 Å². The molecule has 0 aliphatic heterocycles. The molecule has 5 nitrogen and oxygen atoms in total. The van der Waals surface area contributed by atoms with Crippen LogP contribution in [0.25, 0.3) is 21.8 Å². The third-order valence-electron chi connectivity index (χ3n) is 4.10. The number of para-hydroxylation sites is 1. The van der Waals surface area contributed by atoms with E-state index in [1.807, 2.05) is 37.3 Å². The second kappa shape index (κ2) is 8.76. The first-order chi connectivity index (χ1) is 12.6. The molecule has 0 spiro atoms. The first kappa shape index (κ1) is 19.1. The van der Waals surface area contributed by atoms with Gasteiger partial charge < -0.3 is 10.4 Å². The molecule has 0 bridgehead atoms. The zero-order chi connectivity index (χ0) is 19.1. The molecular formula is C21H25N5. The average molecular weight is 347 g/mol. The van der Waals surface area contributed by atoms with Crippen molar-refractivity contribution in [3.63, 3.8) is 0 Å². The van der Waals surface area contributed by atoms with Crippen molar-refractivity contribution in [2.24, 2.45) is 16.2 Å². The molecule has 0 amide bonds. The number of hydrogen-bond donors (Lipinski definition) is 2. The SMILES string of the molecule is C/C=C(\C)Cn1c2ccccc2c2cc(C(=N)N=NN)ccc21.C=CC. The number of benzene rings is 2. The van der Waals surface area contributed by atoms with Crippen LogP contribution in [0.1, 0.15) is 26.3 Å². The van der Waals surface area contributed by atoms with Gasteiger partial charge in [0.1, 0.15) is 0 Å². The van der Waals surface area contributed by atoms with E-state index >= 15 is 0 Å². The van der Waals surface area contributed by atoms with Crippen LogP contribution in [-0.4, -0.2) is 10.4 Å². The van der Waals surface area contributed by atoms with Crippen molar-refractivity contribution >= 4 is 27.6 Å². The van der Waals surface area contributed by atoms with Crippen molar-refractivity contribution < 1.29 is 0 Å². The maximum absolute atomic E-state index is 7.91. The Morgan fingerprint density at radius 1 is 1.15 bits per heavy atom. The second-order valence-corrected chi connectivity index (χ2v) is 5.94. The zero-order valence-corrected chi connectivity index (χ0v) is 15.5. The summed E-state index contributed by atoms with van der Waals surface area (Å²) >= 11 is 0. The maximum Gasteiger partial charge on any atom is 0.176 e. The van der Waals surface area contributed by atoms with Crippen LogP contribution >= 0.6 is 0 Å². The van der Waals surface area contributed by atoms with Gasteiger partial charge in [-0.25, -0.2) is 0 Å².